The van der Waals surface area contributed by atoms with Gasteiger partial charge in [0.25, 0.3) is 0 Å². The van der Waals surface area contributed by atoms with Crippen LogP contribution >= 0.6 is 9.24 Å². The summed E-state index contributed by atoms with van der Waals surface area (Å²) in [4.78, 5) is 0. The molecule has 1 saturated carbocycles. The van der Waals surface area contributed by atoms with Gasteiger partial charge in [0.15, 0.2) is 0 Å². The highest BCUT2D eigenvalue weighted by Gasteiger charge is 2.25. The van der Waals surface area contributed by atoms with E-state index in [1.165, 1.54) is 0 Å². The second kappa shape index (κ2) is 4.15. The van der Waals surface area contributed by atoms with Crippen molar-refractivity contribution in [3.05, 3.63) is 23.8 Å². The maximum atomic E-state index is 13.1. The summed E-state index contributed by atoms with van der Waals surface area (Å²) >= 11 is 0. The van der Waals surface area contributed by atoms with Crippen LogP contribution in [0.3, 0.4) is 0 Å². The van der Waals surface area contributed by atoms with Crippen molar-refractivity contribution in [2.75, 3.05) is 6.16 Å². The van der Waals surface area contributed by atoms with Crippen LogP contribution < -0.4 is 0 Å². The summed E-state index contributed by atoms with van der Waals surface area (Å²) in [5.41, 5.74) is 1.42. The van der Waals surface area contributed by atoms with Crippen LogP contribution in [-0.4, -0.2) is 23.5 Å². The predicted octanol–water partition coefficient (Wildman–Crippen LogP) is 1.84. The van der Waals surface area contributed by atoms with E-state index in [9.17, 15) is 9.50 Å². The van der Waals surface area contributed by atoms with Crippen molar-refractivity contribution < 1.29 is 9.50 Å². The third-order valence-electron chi connectivity index (χ3n) is 2.09. The molecule has 2 unspecified atom stereocenters. The Bertz CT molecular complexity index is 213. The number of halogens is 1. The van der Waals surface area contributed by atoms with Gasteiger partial charge in [0.2, 0.25) is 0 Å². The zero-order valence-corrected chi connectivity index (χ0v) is 8.12. The van der Waals surface area contributed by atoms with Gasteiger partial charge in [-0.05, 0) is 23.7 Å². The summed E-state index contributed by atoms with van der Waals surface area (Å²) in [5, 5.41) is 9.27. The molecule has 0 aliphatic heterocycles. The van der Waals surface area contributed by atoms with E-state index < -0.39 is 12.3 Å². The van der Waals surface area contributed by atoms with Crippen LogP contribution in [-0.2, 0) is 0 Å². The van der Waals surface area contributed by atoms with Crippen molar-refractivity contribution in [1.82, 2.24) is 0 Å². The first-order valence-electron chi connectivity index (χ1n) is 4.05. The molecule has 3 atom stereocenters. The van der Waals surface area contributed by atoms with Gasteiger partial charge in [-0.25, -0.2) is 4.39 Å². The van der Waals surface area contributed by atoms with Crippen LogP contribution in [0.15, 0.2) is 23.8 Å². The second-order valence-electron chi connectivity index (χ2n) is 3.05. The van der Waals surface area contributed by atoms with Crippen molar-refractivity contribution in [3.63, 3.8) is 0 Å². The Balaban J connectivity index is 2.73. The predicted molar refractivity (Wildman–Crippen MR) is 51.9 cm³/mol. The summed E-state index contributed by atoms with van der Waals surface area (Å²) in [7, 11) is 2.54. The molecule has 0 saturated heterocycles. The number of alkyl halides is 1. The lowest BCUT2D eigenvalue weighted by molar-refractivity contribution is 0.124. The molecule has 0 bridgehead atoms. The lowest BCUT2D eigenvalue weighted by Gasteiger charge is -2.25. The van der Waals surface area contributed by atoms with Gasteiger partial charge in [-0.1, -0.05) is 12.7 Å². The Morgan fingerprint density at radius 2 is 2.42 bits per heavy atom. The first-order chi connectivity index (χ1) is 5.65. The van der Waals surface area contributed by atoms with Crippen molar-refractivity contribution in [2.45, 2.75) is 25.1 Å². The average Bonchev–Trinajstić information content (AvgIpc) is 2.00. The van der Waals surface area contributed by atoms with Crippen LogP contribution in [0.4, 0.5) is 4.39 Å². The van der Waals surface area contributed by atoms with E-state index in [0.717, 1.165) is 11.7 Å². The van der Waals surface area contributed by atoms with Gasteiger partial charge in [-0.2, -0.15) is 0 Å². The third-order valence-corrected chi connectivity index (χ3v) is 2.33. The Hall–Kier alpha value is -0.200. The Morgan fingerprint density at radius 1 is 1.75 bits per heavy atom. The number of aliphatic hydroxyl groups is 1. The largest absolute Gasteiger partial charge is 0.393 e. The first-order valence-corrected chi connectivity index (χ1v) is 4.87. The number of allylic oxidation sites excluding steroid dienone is 2. The van der Waals surface area contributed by atoms with Gasteiger partial charge in [-0.15, -0.1) is 9.24 Å². The summed E-state index contributed by atoms with van der Waals surface area (Å²) < 4.78 is 13.1. The number of hydrogen-bond donors (Lipinski definition) is 1. The van der Waals surface area contributed by atoms with E-state index in [1.807, 2.05) is 6.08 Å². The summed E-state index contributed by atoms with van der Waals surface area (Å²) in [6.45, 7) is 3.67. The lowest BCUT2D eigenvalue weighted by atomic mass is 9.87. The molecular weight excluding hydrogens is 174 g/mol. The van der Waals surface area contributed by atoms with E-state index in [4.69, 9.17) is 0 Å². The maximum absolute atomic E-state index is 13.1. The minimum Gasteiger partial charge on any atom is -0.393 e. The highest BCUT2D eigenvalue weighted by atomic mass is 31.0. The molecule has 0 aromatic heterocycles. The molecule has 1 N–H and O–H groups in total. The summed E-state index contributed by atoms with van der Waals surface area (Å²) in [6.07, 6.45) is 1.85. The zero-order chi connectivity index (χ0) is 9.14. The number of hydrogen-bond acceptors (Lipinski definition) is 1. The van der Waals surface area contributed by atoms with Crippen LogP contribution in [0, 0.1) is 0 Å². The SMILES string of the molecule is C=C1/C(=C\CP)CC(O)C[C@@H]1F. The van der Waals surface area contributed by atoms with Crippen molar-refractivity contribution in [1.29, 1.82) is 0 Å². The van der Waals surface area contributed by atoms with E-state index in [0.29, 0.717) is 12.0 Å². The molecule has 1 nitrogen and oxygen atoms in total. The Labute approximate surface area is 74.6 Å². The fraction of sp³-hybridized carbons (Fsp3) is 0.556. The average molecular weight is 188 g/mol. The first kappa shape index (κ1) is 9.88. The van der Waals surface area contributed by atoms with Gasteiger partial charge in [0.1, 0.15) is 6.17 Å². The lowest BCUT2D eigenvalue weighted by Crippen LogP contribution is -2.24. The Morgan fingerprint density at radius 3 is 3.00 bits per heavy atom. The molecule has 0 heterocycles. The standard InChI is InChI=1S/C9H14FOP/c1-6-7(2-3-12)4-8(11)5-9(6)10/h2,8-9,11H,1,3-5,12H2/b7-2-/t8?,9-/m0/s1. The normalized spacial score (nSPS) is 34.2. The molecule has 0 spiro atoms. The molecule has 1 fully saturated rings. The van der Waals surface area contributed by atoms with Gasteiger partial charge < -0.3 is 5.11 Å². The highest BCUT2D eigenvalue weighted by Crippen LogP contribution is 2.30. The van der Waals surface area contributed by atoms with Crippen LogP contribution in [0.1, 0.15) is 12.8 Å². The molecule has 0 radical (unpaired) electrons. The van der Waals surface area contributed by atoms with Crippen molar-refractivity contribution in [2.24, 2.45) is 0 Å². The van der Waals surface area contributed by atoms with E-state index in [1.54, 1.807) is 0 Å². The van der Waals surface area contributed by atoms with Crippen molar-refractivity contribution in [3.8, 4) is 0 Å². The highest BCUT2D eigenvalue weighted by molar-refractivity contribution is 7.16. The monoisotopic (exact) mass is 188 g/mol. The van der Waals surface area contributed by atoms with Crippen LogP contribution in [0.5, 0.6) is 0 Å². The number of rotatable bonds is 1. The summed E-state index contributed by atoms with van der Waals surface area (Å²) in [5.74, 6) is 0. The molecule has 68 valence electrons. The molecular formula is C9H14FOP. The Kier molecular flexibility index (Phi) is 3.42. The smallest absolute Gasteiger partial charge is 0.127 e. The third kappa shape index (κ3) is 2.15. The van der Waals surface area contributed by atoms with Crippen molar-refractivity contribution >= 4 is 9.24 Å². The second-order valence-corrected chi connectivity index (χ2v) is 3.52. The molecule has 12 heavy (non-hydrogen) atoms. The van der Waals surface area contributed by atoms with Gasteiger partial charge in [-0.3, -0.25) is 0 Å². The molecule has 0 aromatic rings. The fourth-order valence-corrected chi connectivity index (χ4v) is 1.69. The molecule has 1 rings (SSSR count). The number of aliphatic hydroxyl groups excluding tert-OH is 1. The minimum absolute atomic E-state index is 0.201. The topological polar surface area (TPSA) is 20.2 Å². The van der Waals surface area contributed by atoms with E-state index in [2.05, 4.69) is 15.8 Å². The van der Waals surface area contributed by atoms with Crippen LogP contribution in [0.2, 0.25) is 0 Å². The molecule has 0 aromatic carbocycles. The fourth-order valence-electron chi connectivity index (χ4n) is 1.41. The van der Waals surface area contributed by atoms with E-state index >= 15 is 0 Å². The van der Waals surface area contributed by atoms with Gasteiger partial charge in [0, 0.05) is 6.42 Å². The molecule has 3 heteroatoms. The molecule has 1 aliphatic rings. The van der Waals surface area contributed by atoms with Crippen LogP contribution in [0.25, 0.3) is 0 Å². The van der Waals surface area contributed by atoms with Gasteiger partial charge in [0.05, 0.1) is 6.10 Å². The quantitative estimate of drug-likeness (QED) is 0.622. The summed E-state index contributed by atoms with van der Waals surface area (Å²) in [6, 6.07) is 0. The minimum atomic E-state index is -1.06. The molecule has 0 amide bonds. The zero-order valence-electron chi connectivity index (χ0n) is 6.96. The maximum Gasteiger partial charge on any atom is 0.127 e. The van der Waals surface area contributed by atoms with E-state index in [-0.39, 0.29) is 6.42 Å². The molecule has 1 aliphatic carbocycles. The van der Waals surface area contributed by atoms with Gasteiger partial charge >= 0.3 is 0 Å².